The summed E-state index contributed by atoms with van der Waals surface area (Å²) in [6.07, 6.45) is -15.4. The fraction of sp³-hybridized carbons (Fsp3) is 0.531. The van der Waals surface area contributed by atoms with Crippen molar-refractivity contribution in [1.82, 2.24) is 49.0 Å². The minimum atomic E-state index is -6.52. The predicted molar refractivity (Wildman–Crippen MR) is 237 cm³/mol. The Hall–Kier alpha value is -4.57. The molecule has 0 aromatic carbocycles. The number of nitrogens with zero attached hydrogens (tertiary/aromatic N) is 9. The van der Waals surface area contributed by atoms with Gasteiger partial charge in [-0.05, 0) is 0 Å². The maximum absolute atomic E-state index is 13.9. The molecule has 4 aliphatic heterocycles. The summed E-state index contributed by atoms with van der Waals surface area (Å²) in [5, 5.41) is 43.2. The number of aliphatic hydroxyl groups excluding tert-OH is 4. The average molecular weight is 1160 g/mol. The van der Waals surface area contributed by atoms with Gasteiger partial charge in [-0.3, -0.25) is 42.4 Å². The highest BCUT2D eigenvalue weighted by Crippen LogP contribution is 2.63. The zero-order chi connectivity index (χ0) is 54.3. The normalized spacial score (nSPS) is 32.0. The van der Waals surface area contributed by atoms with Gasteiger partial charge in [0, 0.05) is 12.1 Å². The number of aromatic amines is 2. The van der Waals surface area contributed by atoms with E-state index in [1.807, 2.05) is 0 Å². The molecule has 0 bridgehead atoms. The first-order valence-corrected chi connectivity index (χ1v) is 28.1. The number of quaternary nitrogens is 1. The SMILES string of the molecule is CO[C@H]1[C@@H](OP([O-])(=S)OC[C@H]2O[C@@H](n3cnc4c(=O)[nH]c(N)nc43)[C@H](O)[C@@H]2O)[C@H](n2cnc3c(N)ncnc32)O[C@@H]1COP(=O)([O-])OP(=O)([O-])OP(=O)([O-])OC[C@H]1O[C@@H]([N+]2=C[NH+](C)c3c2nc(N)[nH]c3=O)[C@H](O)[C@@H]1O. The minimum absolute atomic E-state index is 0.0140. The van der Waals surface area contributed by atoms with Crippen LogP contribution >= 0.6 is 30.2 Å². The van der Waals surface area contributed by atoms with Crippen LogP contribution in [0.15, 0.2) is 28.6 Å². The van der Waals surface area contributed by atoms with Crippen LogP contribution in [0.1, 0.15) is 12.5 Å². The summed E-state index contributed by atoms with van der Waals surface area (Å²) < 4.78 is 92.9. The summed E-state index contributed by atoms with van der Waals surface area (Å²) >= 11 is 5.18. The third kappa shape index (κ3) is 11.1. The van der Waals surface area contributed by atoms with E-state index in [9.17, 15) is 63.3 Å². The lowest BCUT2D eigenvalue weighted by Crippen LogP contribution is -3.03. The lowest BCUT2D eigenvalue weighted by Gasteiger charge is -2.35. The number of H-pyrrole nitrogens is 2. The van der Waals surface area contributed by atoms with Gasteiger partial charge in [0.15, 0.2) is 35.1 Å². The van der Waals surface area contributed by atoms with E-state index in [2.05, 4.69) is 53.0 Å². The highest BCUT2D eigenvalue weighted by molar-refractivity contribution is 8.06. The second-order valence-corrected chi connectivity index (χ2v) is 23.7. The maximum Gasteiger partial charge on any atom is 0.401 e. The zero-order valence-corrected chi connectivity index (χ0v) is 42.3. The number of ether oxygens (including phenoxy) is 4. The van der Waals surface area contributed by atoms with E-state index in [4.69, 9.17) is 61.5 Å². The number of hydrogen-bond acceptors (Lipinski definition) is 33. The van der Waals surface area contributed by atoms with E-state index in [1.54, 1.807) is 0 Å². The van der Waals surface area contributed by atoms with Gasteiger partial charge in [-0.2, -0.15) is 4.98 Å². The van der Waals surface area contributed by atoms with E-state index >= 15 is 0 Å². The van der Waals surface area contributed by atoms with Gasteiger partial charge in [0.25, 0.3) is 41.1 Å². The van der Waals surface area contributed by atoms with Crippen molar-refractivity contribution in [2.45, 2.75) is 73.6 Å². The van der Waals surface area contributed by atoms with Crippen LogP contribution in [0, 0.1) is 0 Å². The van der Waals surface area contributed by atoms with Gasteiger partial charge in [0.1, 0.15) is 73.5 Å². The smallest absolute Gasteiger partial charge is 0.401 e. The van der Waals surface area contributed by atoms with E-state index in [0.29, 0.717) is 4.90 Å². The van der Waals surface area contributed by atoms with Crippen molar-refractivity contribution in [2.24, 2.45) is 0 Å². The van der Waals surface area contributed by atoms with Gasteiger partial charge in [-0.25, -0.2) is 33.5 Å². The van der Waals surface area contributed by atoms with Crippen LogP contribution in [0.4, 0.5) is 29.2 Å². The first-order valence-electron chi connectivity index (χ1n) is 21.2. The lowest BCUT2D eigenvalue weighted by molar-refractivity contribution is -0.715. The van der Waals surface area contributed by atoms with Gasteiger partial charge in [0.2, 0.25) is 12.2 Å². The van der Waals surface area contributed by atoms with Gasteiger partial charge < -0.3 is 94.2 Å². The van der Waals surface area contributed by atoms with Crippen molar-refractivity contribution in [3.8, 4) is 0 Å². The molecule has 0 aliphatic carbocycles. The molecule has 5 unspecified atom stereocenters. The third-order valence-corrected chi connectivity index (χ3v) is 17.3. The van der Waals surface area contributed by atoms with E-state index in [-0.39, 0.29) is 51.5 Å². The first kappa shape index (κ1) is 55.2. The molecule has 43 heteroatoms. The Labute approximate surface area is 421 Å². The van der Waals surface area contributed by atoms with Crippen LogP contribution in [0.2, 0.25) is 0 Å². The summed E-state index contributed by atoms with van der Waals surface area (Å²) in [7, 11) is -16.3. The number of anilines is 3. The molecule has 3 saturated heterocycles. The Kier molecular flexibility index (Phi) is 15.2. The fourth-order valence-electron chi connectivity index (χ4n) is 8.37. The molecule has 38 nitrogen and oxygen atoms in total. The number of nitrogen functional groups attached to an aromatic ring is 3. The van der Waals surface area contributed by atoms with Crippen LogP contribution < -0.4 is 52.8 Å². The summed E-state index contributed by atoms with van der Waals surface area (Å²) in [6.45, 7) is -8.11. The Morgan fingerprint density at radius 2 is 1.31 bits per heavy atom. The van der Waals surface area contributed by atoms with Gasteiger partial charge >= 0.3 is 17.3 Å². The molecular formula is C32H41N15O23P4S-2. The highest BCUT2D eigenvalue weighted by Gasteiger charge is 2.53. The molecule has 9 rings (SSSR count). The summed E-state index contributed by atoms with van der Waals surface area (Å²) in [4.78, 5) is 106. The van der Waals surface area contributed by atoms with E-state index < -0.39 is 135 Å². The third-order valence-electron chi connectivity index (χ3n) is 11.6. The van der Waals surface area contributed by atoms with Crippen LogP contribution in [0.25, 0.3) is 22.3 Å². The number of rotatable bonds is 19. The predicted octanol–water partition coefficient (Wildman–Crippen LogP) is -8.24. The van der Waals surface area contributed by atoms with Crippen molar-refractivity contribution in [1.29, 1.82) is 0 Å². The Morgan fingerprint density at radius 3 is 1.99 bits per heavy atom. The number of aliphatic hydroxyl groups is 4. The molecule has 0 spiro atoms. The van der Waals surface area contributed by atoms with Crippen molar-refractivity contribution >= 4 is 99.9 Å². The number of nitrogens with one attached hydrogen (secondary N) is 3. The van der Waals surface area contributed by atoms with Gasteiger partial charge in [-0.15, -0.1) is 4.58 Å². The summed E-state index contributed by atoms with van der Waals surface area (Å²) in [6, 6.07) is 0. The molecule has 0 radical (unpaired) electrons. The second kappa shape index (κ2) is 20.7. The number of phosphoric acid groups is 3. The molecular weight excluding hydrogens is 1120 g/mol. The Balaban J connectivity index is 0.844. The molecule has 0 amide bonds. The van der Waals surface area contributed by atoms with Crippen LogP contribution in [-0.2, 0) is 71.2 Å². The number of fused-ring (bicyclic) bond motifs is 3. The number of phosphoric ester groups is 2. The van der Waals surface area contributed by atoms with Gasteiger partial charge in [-0.1, -0.05) is 11.8 Å². The molecule has 17 atom stereocenters. The molecule has 0 saturated carbocycles. The second-order valence-electron chi connectivity index (χ2n) is 16.5. The molecule has 9 heterocycles. The molecule has 13 N–H and O–H groups in total. The lowest BCUT2D eigenvalue weighted by atomic mass is 10.1. The average Bonchev–Trinajstić information content (AvgIpc) is 4.17. The topological polar surface area (TPSA) is 555 Å². The van der Waals surface area contributed by atoms with Crippen LogP contribution in [0.5, 0.6) is 0 Å². The van der Waals surface area contributed by atoms with Crippen molar-refractivity contribution in [3.63, 3.8) is 0 Å². The zero-order valence-electron chi connectivity index (χ0n) is 37.9. The van der Waals surface area contributed by atoms with Gasteiger partial charge in [0.05, 0.1) is 39.5 Å². The quantitative estimate of drug-likeness (QED) is 0.0271. The highest BCUT2D eigenvalue weighted by atomic mass is 32.5. The molecule has 5 aromatic rings. The molecule has 75 heavy (non-hydrogen) atoms. The standard InChI is InChI=1S/C32H43N15O23P4S/c1-44-9-47(25-15(44)27(53)43-32(35)41-25)29-19(51)16(48)10(66-29)3-62-71(54,55)69-73(58,59)70-72(56,57)63-5-12-20(61-2)21(30(67-12)45-7-38-13-22(33)36-6-37-23(13)45)68-74(60,75)64-4-11-17(49)18(50)28(65-11)46-8-39-14-24(46)40-31(34)42-26(14)52/h6-12,16-21,28-30,48-51H,3-5H2,1-2H3,(H11-,33,34,35,36,37,40,41,42,43,52,53,54,55,56,57,58,59,60,75)/p-2/t10-,11-,12-,16-,17-,18-,19-,20-,21-,28-,29-,30-,74?/m1/s1. The number of aromatic nitrogens is 10. The monoisotopic (exact) mass is 1160 g/mol. The summed E-state index contributed by atoms with van der Waals surface area (Å²) in [5.74, 6) is -0.796. The minimum Gasteiger partial charge on any atom is -0.780 e. The van der Waals surface area contributed by atoms with E-state index in [0.717, 1.165) is 39.8 Å². The van der Waals surface area contributed by atoms with Crippen molar-refractivity contribution in [2.75, 3.05) is 51.2 Å². The number of nitrogens with two attached hydrogens (primary N) is 3. The maximum atomic E-state index is 13.9. The van der Waals surface area contributed by atoms with Crippen LogP contribution in [-0.4, -0.2) is 175 Å². The number of methoxy groups -OCH3 is 1. The number of imidazole rings is 2. The van der Waals surface area contributed by atoms with Crippen molar-refractivity contribution < 1.29 is 109 Å². The Morgan fingerprint density at radius 1 is 0.733 bits per heavy atom. The molecule has 410 valence electrons. The fourth-order valence-corrected chi connectivity index (χ4v) is 13.1. The molecule has 5 aromatic heterocycles. The van der Waals surface area contributed by atoms with E-state index in [1.165, 1.54) is 13.4 Å². The largest absolute Gasteiger partial charge is 0.780 e. The number of hydrogen-bond donors (Lipinski definition) is 10. The molecule has 4 aliphatic rings. The van der Waals surface area contributed by atoms with Crippen LogP contribution in [0.3, 0.4) is 0 Å². The Bertz CT molecular complexity index is 3370. The van der Waals surface area contributed by atoms with Crippen molar-refractivity contribution in [3.05, 3.63) is 39.7 Å². The first-order chi connectivity index (χ1) is 35.2. The summed E-state index contributed by atoms with van der Waals surface area (Å²) in [5.41, 5.74) is 15.6. The molecule has 3 fully saturated rings.